The van der Waals surface area contributed by atoms with Crippen LogP contribution in [0.25, 0.3) is 0 Å². The van der Waals surface area contributed by atoms with E-state index in [1.807, 2.05) is 11.8 Å². The number of hydrogen-bond acceptors (Lipinski definition) is 4. The van der Waals surface area contributed by atoms with Crippen molar-refractivity contribution in [2.75, 3.05) is 39.2 Å². The molecule has 1 unspecified atom stereocenters. The third kappa shape index (κ3) is 1.18. The van der Waals surface area contributed by atoms with Crippen molar-refractivity contribution >= 4 is 11.8 Å². The summed E-state index contributed by atoms with van der Waals surface area (Å²) in [6, 6.07) is 0. The Balaban J connectivity index is 2.07. The molecule has 0 N–H and O–H groups in total. The van der Waals surface area contributed by atoms with Crippen LogP contribution in [-0.2, 0) is 9.47 Å². The summed E-state index contributed by atoms with van der Waals surface area (Å²) in [6.45, 7) is 3.76. The second kappa shape index (κ2) is 2.94. The predicted octanol–water partition coefficient (Wildman–Crippen LogP) is 0.366. The normalized spacial score (nSPS) is 37.9. The number of fused-ring (bicyclic) bond motifs is 1. The highest BCUT2D eigenvalue weighted by molar-refractivity contribution is 8.00. The fourth-order valence-electron chi connectivity index (χ4n) is 1.66. The molecule has 0 radical (unpaired) electrons. The highest BCUT2D eigenvalue weighted by Gasteiger charge is 2.46. The van der Waals surface area contributed by atoms with Gasteiger partial charge in [-0.25, -0.2) is 0 Å². The summed E-state index contributed by atoms with van der Waals surface area (Å²) in [5.74, 6) is 1.17. The molecule has 3 nitrogen and oxygen atoms in total. The van der Waals surface area contributed by atoms with Crippen molar-refractivity contribution in [1.82, 2.24) is 4.90 Å². The van der Waals surface area contributed by atoms with Crippen LogP contribution in [0.2, 0.25) is 0 Å². The van der Waals surface area contributed by atoms with Gasteiger partial charge in [-0.1, -0.05) is 0 Å². The zero-order valence-electron chi connectivity index (χ0n) is 6.71. The minimum absolute atomic E-state index is 0.116. The van der Waals surface area contributed by atoms with Gasteiger partial charge in [-0.3, -0.25) is 4.90 Å². The summed E-state index contributed by atoms with van der Waals surface area (Å²) in [6.07, 6.45) is 0. The molecule has 2 heterocycles. The molecule has 64 valence electrons. The van der Waals surface area contributed by atoms with E-state index in [0.717, 1.165) is 19.7 Å². The number of hydrogen-bond donors (Lipinski definition) is 0. The van der Waals surface area contributed by atoms with Gasteiger partial charge in [0.15, 0.2) is 5.06 Å². The van der Waals surface area contributed by atoms with Crippen LogP contribution in [0, 0.1) is 0 Å². The van der Waals surface area contributed by atoms with Gasteiger partial charge in [-0.2, -0.15) is 0 Å². The first-order valence-electron chi connectivity index (χ1n) is 3.89. The van der Waals surface area contributed by atoms with Crippen LogP contribution in [0.15, 0.2) is 0 Å². The molecule has 2 aliphatic rings. The average Bonchev–Trinajstić information content (AvgIpc) is 2.45. The van der Waals surface area contributed by atoms with E-state index in [1.165, 1.54) is 5.75 Å². The molecule has 0 aromatic rings. The van der Waals surface area contributed by atoms with E-state index in [4.69, 9.17) is 9.47 Å². The number of methoxy groups -OCH3 is 1. The Hall–Kier alpha value is 0.230. The van der Waals surface area contributed by atoms with Gasteiger partial charge in [0.25, 0.3) is 0 Å². The standard InChI is InChI=1S/C7H13NO2S/c1-9-6-7-8(2-4-10-7)3-5-11-7/h2-6H2,1H3. The van der Waals surface area contributed by atoms with Crippen LogP contribution in [0.3, 0.4) is 0 Å². The van der Waals surface area contributed by atoms with Gasteiger partial charge < -0.3 is 9.47 Å². The van der Waals surface area contributed by atoms with E-state index in [1.54, 1.807) is 7.11 Å². The molecule has 2 rings (SSSR count). The molecule has 1 atom stereocenters. The Bertz CT molecular complexity index is 143. The zero-order chi connectivity index (χ0) is 7.73. The first-order valence-corrected chi connectivity index (χ1v) is 4.88. The maximum Gasteiger partial charge on any atom is 0.193 e. The van der Waals surface area contributed by atoms with Gasteiger partial charge >= 0.3 is 0 Å². The molecule has 2 saturated heterocycles. The molecule has 0 spiro atoms. The summed E-state index contributed by atoms with van der Waals surface area (Å²) >= 11 is 1.86. The van der Waals surface area contributed by atoms with Gasteiger partial charge in [-0.05, 0) is 0 Å². The topological polar surface area (TPSA) is 21.7 Å². The SMILES string of the molecule is COCC12OCCN1CCS2. The summed E-state index contributed by atoms with van der Waals surface area (Å²) in [4.78, 5) is 2.36. The lowest BCUT2D eigenvalue weighted by Gasteiger charge is -2.27. The van der Waals surface area contributed by atoms with E-state index >= 15 is 0 Å². The monoisotopic (exact) mass is 175 g/mol. The summed E-state index contributed by atoms with van der Waals surface area (Å²) in [5.41, 5.74) is 0. The second-order valence-electron chi connectivity index (χ2n) is 2.83. The fourth-order valence-corrected chi connectivity index (χ4v) is 3.03. The van der Waals surface area contributed by atoms with Crippen molar-refractivity contribution in [2.45, 2.75) is 5.06 Å². The Morgan fingerprint density at radius 2 is 2.55 bits per heavy atom. The highest BCUT2D eigenvalue weighted by atomic mass is 32.2. The number of nitrogens with zero attached hydrogens (tertiary/aromatic N) is 1. The van der Waals surface area contributed by atoms with Crippen LogP contribution < -0.4 is 0 Å². The lowest BCUT2D eigenvalue weighted by molar-refractivity contribution is -0.0441. The number of thioether (sulfide) groups is 1. The molecule has 0 aromatic heterocycles. The van der Waals surface area contributed by atoms with Crippen LogP contribution in [0.4, 0.5) is 0 Å². The molecular formula is C7H13NO2S. The van der Waals surface area contributed by atoms with Crippen molar-refractivity contribution in [2.24, 2.45) is 0 Å². The van der Waals surface area contributed by atoms with Crippen LogP contribution in [-0.4, -0.2) is 49.1 Å². The predicted molar refractivity (Wildman–Crippen MR) is 44.6 cm³/mol. The third-order valence-electron chi connectivity index (χ3n) is 2.19. The average molecular weight is 175 g/mol. The van der Waals surface area contributed by atoms with Crippen molar-refractivity contribution < 1.29 is 9.47 Å². The Kier molecular flexibility index (Phi) is 2.10. The molecular weight excluding hydrogens is 162 g/mol. The van der Waals surface area contributed by atoms with Crippen molar-refractivity contribution in [3.05, 3.63) is 0 Å². The quantitative estimate of drug-likeness (QED) is 0.604. The maximum absolute atomic E-state index is 5.67. The van der Waals surface area contributed by atoms with Gasteiger partial charge in [0, 0.05) is 26.0 Å². The molecule has 0 aliphatic carbocycles. The van der Waals surface area contributed by atoms with Crippen molar-refractivity contribution in [3.8, 4) is 0 Å². The van der Waals surface area contributed by atoms with Gasteiger partial charge in [-0.15, -0.1) is 11.8 Å². The van der Waals surface area contributed by atoms with Gasteiger partial charge in [0.1, 0.15) is 0 Å². The van der Waals surface area contributed by atoms with E-state index < -0.39 is 0 Å². The second-order valence-corrected chi connectivity index (χ2v) is 4.16. The molecule has 2 aliphatic heterocycles. The maximum atomic E-state index is 5.67. The van der Waals surface area contributed by atoms with Crippen molar-refractivity contribution in [1.29, 1.82) is 0 Å². The lowest BCUT2D eigenvalue weighted by Crippen LogP contribution is -2.41. The van der Waals surface area contributed by atoms with Crippen LogP contribution in [0.1, 0.15) is 0 Å². The largest absolute Gasteiger partial charge is 0.379 e. The Morgan fingerprint density at radius 3 is 3.36 bits per heavy atom. The number of rotatable bonds is 2. The lowest BCUT2D eigenvalue weighted by atomic mass is 10.5. The minimum Gasteiger partial charge on any atom is -0.379 e. The van der Waals surface area contributed by atoms with E-state index in [0.29, 0.717) is 6.61 Å². The zero-order valence-corrected chi connectivity index (χ0v) is 7.52. The number of ether oxygens (including phenoxy) is 2. The van der Waals surface area contributed by atoms with E-state index in [2.05, 4.69) is 4.90 Å². The molecule has 4 heteroatoms. The minimum atomic E-state index is -0.116. The molecule has 0 bridgehead atoms. The fraction of sp³-hybridized carbons (Fsp3) is 1.00. The van der Waals surface area contributed by atoms with E-state index in [-0.39, 0.29) is 5.06 Å². The Labute approximate surface area is 71.0 Å². The first kappa shape index (κ1) is 7.86. The Morgan fingerprint density at radius 1 is 1.64 bits per heavy atom. The third-order valence-corrected chi connectivity index (χ3v) is 3.52. The molecule has 0 aromatic carbocycles. The van der Waals surface area contributed by atoms with Crippen LogP contribution >= 0.6 is 11.8 Å². The summed E-state index contributed by atoms with van der Waals surface area (Å²) < 4.78 is 10.8. The molecule has 2 fully saturated rings. The van der Waals surface area contributed by atoms with Crippen LogP contribution in [0.5, 0.6) is 0 Å². The van der Waals surface area contributed by atoms with Gasteiger partial charge in [0.05, 0.1) is 13.2 Å². The van der Waals surface area contributed by atoms with Gasteiger partial charge in [0.2, 0.25) is 0 Å². The summed E-state index contributed by atoms with van der Waals surface area (Å²) in [5, 5.41) is -0.116. The summed E-state index contributed by atoms with van der Waals surface area (Å²) in [7, 11) is 1.73. The smallest absolute Gasteiger partial charge is 0.193 e. The van der Waals surface area contributed by atoms with Crippen molar-refractivity contribution in [3.63, 3.8) is 0 Å². The first-order chi connectivity index (χ1) is 5.37. The van der Waals surface area contributed by atoms with E-state index in [9.17, 15) is 0 Å². The molecule has 11 heavy (non-hydrogen) atoms. The molecule has 0 saturated carbocycles. The highest BCUT2D eigenvalue weighted by Crippen LogP contribution is 2.40. The molecule has 0 amide bonds.